The van der Waals surface area contributed by atoms with Gasteiger partial charge in [0.05, 0.1) is 17.1 Å². The predicted octanol–water partition coefficient (Wildman–Crippen LogP) is 2.02. The number of hydrogen-bond acceptors (Lipinski definition) is 4. The normalized spacial score (nSPS) is 22.1. The molecule has 24 heavy (non-hydrogen) atoms. The molecule has 7 nitrogen and oxygen atoms in total. The standard InChI is InChI=1S/C16H25N3O4S/c1-4-9-17-16(20)18-14-5-7-15(8-6-14)24(21,22)19-10-12(2)23-13(3)11-19/h5-8,12-13H,4,9-11H2,1-3H3,(H2,17,18,20)/t12-,13+. The van der Waals surface area contributed by atoms with Gasteiger partial charge in [0.25, 0.3) is 0 Å². The summed E-state index contributed by atoms with van der Waals surface area (Å²) in [5, 5.41) is 5.37. The molecule has 0 aliphatic carbocycles. The van der Waals surface area contributed by atoms with Gasteiger partial charge < -0.3 is 15.4 Å². The van der Waals surface area contributed by atoms with Gasteiger partial charge in [-0.05, 0) is 44.5 Å². The number of rotatable bonds is 5. The summed E-state index contributed by atoms with van der Waals surface area (Å²) in [6, 6.07) is 5.89. The summed E-state index contributed by atoms with van der Waals surface area (Å²) < 4.78 is 32.5. The fourth-order valence-electron chi connectivity index (χ4n) is 2.60. The van der Waals surface area contributed by atoms with Crippen molar-refractivity contribution in [3.8, 4) is 0 Å². The van der Waals surface area contributed by atoms with Gasteiger partial charge in [0.1, 0.15) is 0 Å². The molecule has 1 aliphatic rings. The number of hydrogen-bond donors (Lipinski definition) is 2. The van der Waals surface area contributed by atoms with Crippen LogP contribution in [0.25, 0.3) is 0 Å². The molecule has 134 valence electrons. The van der Waals surface area contributed by atoms with E-state index in [1.165, 1.54) is 16.4 Å². The highest BCUT2D eigenvalue weighted by Crippen LogP contribution is 2.22. The first-order chi connectivity index (χ1) is 11.3. The van der Waals surface area contributed by atoms with E-state index in [0.29, 0.717) is 25.3 Å². The van der Waals surface area contributed by atoms with E-state index in [-0.39, 0.29) is 23.1 Å². The van der Waals surface area contributed by atoms with Crippen molar-refractivity contribution in [2.45, 2.75) is 44.3 Å². The molecule has 8 heteroatoms. The van der Waals surface area contributed by atoms with E-state index in [1.807, 2.05) is 20.8 Å². The number of carbonyl (C=O) groups excluding carboxylic acids is 1. The van der Waals surface area contributed by atoms with Crippen LogP contribution in [0.1, 0.15) is 27.2 Å². The highest BCUT2D eigenvalue weighted by atomic mass is 32.2. The van der Waals surface area contributed by atoms with Crippen molar-refractivity contribution in [3.05, 3.63) is 24.3 Å². The van der Waals surface area contributed by atoms with E-state index in [2.05, 4.69) is 10.6 Å². The molecule has 2 amide bonds. The minimum absolute atomic E-state index is 0.133. The van der Waals surface area contributed by atoms with Crippen molar-refractivity contribution in [1.82, 2.24) is 9.62 Å². The summed E-state index contributed by atoms with van der Waals surface area (Å²) >= 11 is 0. The van der Waals surface area contributed by atoms with E-state index < -0.39 is 10.0 Å². The van der Waals surface area contributed by atoms with Crippen molar-refractivity contribution in [2.24, 2.45) is 0 Å². The van der Waals surface area contributed by atoms with Gasteiger partial charge in [-0.1, -0.05) is 6.92 Å². The Bertz CT molecular complexity index is 650. The molecule has 0 spiro atoms. The molecule has 2 atom stereocenters. The molecule has 1 aromatic rings. The molecule has 1 aromatic carbocycles. The highest BCUT2D eigenvalue weighted by Gasteiger charge is 2.32. The lowest BCUT2D eigenvalue weighted by Gasteiger charge is -2.34. The summed E-state index contributed by atoms with van der Waals surface area (Å²) in [6.45, 7) is 6.96. The van der Waals surface area contributed by atoms with E-state index >= 15 is 0 Å². The minimum Gasteiger partial charge on any atom is -0.373 e. The van der Waals surface area contributed by atoms with Crippen molar-refractivity contribution in [1.29, 1.82) is 0 Å². The van der Waals surface area contributed by atoms with Crippen LogP contribution in [0.4, 0.5) is 10.5 Å². The van der Waals surface area contributed by atoms with E-state index in [9.17, 15) is 13.2 Å². The van der Waals surface area contributed by atoms with Crippen LogP contribution in [0.5, 0.6) is 0 Å². The van der Waals surface area contributed by atoms with Crippen LogP contribution in [0.3, 0.4) is 0 Å². The maximum atomic E-state index is 12.7. The zero-order valence-electron chi connectivity index (χ0n) is 14.3. The van der Waals surface area contributed by atoms with Gasteiger partial charge in [0.2, 0.25) is 10.0 Å². The highest BCUT2D eigenvalue weighted by molar-refractivity contribution is 7.89. The molecule has 0 saturated carbocycles. The van der Waals surface area contributed by atoms with E-state index in [4.69, 9.17) is 4.74 Å². The molecule has 0 unspecified atom stereocenters. The van der Waals surface area contributed by atoms with E-state index in [1.54, 1.807) is 12.1 Å². The second kappa shape index (κ2) is 7.96. The Hall–Kier alpha value is -1.64. The number of anilines is 1. The van der Waals surface area contributed by atoms with Crippen LogP contribution in [-0.4, -0.2) is 50.6 Å². The number of ether oxygens (including phenoxy) is 1. The number of amides is 2. The molecule has 2 rings (SSSR count). The fourth-order valence-corrected chi connectivity index (χ4v) is 4.19. The van der Waals surface area contributed by atoms with Gasteiger partial charge in [0.15, 0.2) is 0 Å². The topological polar surface area (TPSA) is 87.7 Å². The maximum absolute atomic E-state index is 12.7. The number of nitrogens with zero attached hydrogens (tertiary/aromatic N) is 1. The van der Waals surface area contributed by atoms with Gasteiger partial charge in [-0.3, -0.25) is 0 Å². The molecule has 1 heterocycles. The van der Waals surface area contributed by atoms with Crippen LogP contribution in [0, 0.1) is 0 Å². The Morgan fingerprint density at radius 3 is 2.33 bits per heavy atom. The summed E-state index contributed by atoms with van der Waals surface area (Å²) in [5.41, 5.74) is 0.547. The van der Waals surface area contributed by atoms with Crippen LogP contribution in [0.15, 0.2) is 29.2 Å². The average Bonchev–Trinajstić information content (AvgIpc) is 2.52. The first kappa shape index (κ1) is 18.7. The fraction of sp³-hybridized carbons (Fsp3) is 0.562. The Balaban J connectivity index is 2.07. The second-order valence-electron chi connectivity index (χ2n) is 5.98. The Morgan fingerprint density at radius 2 is 1.79 bits per heavy atom. The zero-order chi connectivity index (χ0) is 17.7. The van der Waals surface area contributed by atoms with Crippen molar-refractivity contribution in [2.75, 3.05) is 25.0 Å². The van der Waals surface area contributed by atoms with Gasteiger partial charge >= 0.3 is 6.03 Å². The Morgan fingerprint density at radius 1 is 1.21 bits per heavy atom. The average molecular weight is 355 g/mol. The maximum Gasteiger partial charge on any atom is 0.319 e. The molecule has 1 fully saturated rings. The number of carbonyl (C=O) groups is 1. The van der Waals surface area contributed by atoms with Crippen LogP contribution >= 0.6 is 0 Å². The Labute approximate surface area is 143 Å². The summed E-state index contributed by atoms with van der Waals surface area (Å²) in [7, 11) is -3.56. The molecular formula is C16H25N3O4S. The number of sulfonamides is 1. The quantitative estimate of drug-likeness (QED) is 0.846. The first-order valence-corrected chi connectivity index (χ1v) is 9.57. The molecule has 0 bridgehead atoms. The molecule has 0 aromatic heterocycles. The van der Waals surface area contributed by atoms with Crippen LogP contribution in [0.2, 0.25) is 0 Å². The summed E-state index contributed by atoms with van der Waals surface area (Å²) in [5.74, 6) is 0. The monoisotopic (exact) mass is 355 g/mol. The lowest BCUT2D eigenvalue weighted by atomic mass is 10.3. The van der Waals surface area contributed by atoms with Gasteiger partial charge in [-0.2, -0.15) is 4.31 Å². The van der Waals surface area contributed by atoms with Gasteiger partial charge in [0, 0.05) is 25.3 Å². The molecule has 2 N–H and O–H groups in total. The molecule has 1 saturated heterocycles. The third-order valence-electron chi connectivity index (χ3n) is 3.67. The Kier molecular flexibility index (Phi) is 6.20. The first-order valence-electron chi connectivity index (χ1n) is 8.13. The van der Waals surface area contributed by atoms with E-state index in [0.717, 1.165) is 6.42 Å². The number of morpholine rings is 1. The van der Waals surface area contributed by atoms with Gasteiger partial charge in [-0.15, -0.1) is 0 Å². The minimum atomic E-state index is -3.56. The summed E-state index contributed by atoms with van der Waals surface area (Å²) in [6.07, 6.45) is 0.583. The largest absolute Gasteiger partial charge is 0.373 e. The number of urea groups is 1. The molecule has 0 radical (unpaired) electrons. The third-order valence-corrected chi connectivity index (χ3v) is 5.52. The second-order valence-corrected chi connectivity index (χ2v) is 7.92. The lowest BCUT2D eigenvalue weighted by Crippen LogP contribution is -2.48. The zero-order valence-corrected chi connectivity index (χ0v) is 15.1. The van der Waals surface area contributed by atoms with Crippen molar-refractivity contribution in [3.63, 3.8) is 0 Å². The SMILES string of the molecule is CCCNC(=O)Nc1ccc(S(=O)(=O)N2C[C@@H](C)O[C@@H](C)C2)cc1. The van der Waals surface area contributed by atoms with Crippen LogP contribution < -0.4 is 10.6 Å². The molecule has 1 aliphatic heterocycles. The van der Waals surface area contributed by atoms with Gasteiger partial charge in [-0.25, -0.2) is 13.2 Å². The lowest BCUT2D eigenvalue weighted by molar-refractivity contribution is -0.0440. The third kappa shape index (κ3) is 4.68. The van der Waals surface area contributed by atoms with Crippen LogP contribution in [-0.2, 0) is 14.8 Å². The number of benzene rings is 1. The smallest absolute Gasteiger partial charge is 0.319 e. The predicted molar refractivity (Wildman–Crippen MR) is 92.5 cm³/mol. The van der Waals surface area contributed by atoms with Crippen molar-refractivity contribution < 1.29 is 17.9 Å². The molecular weight excluding hydrogens is 330 g/mol. The summed E-state index contributed by atoms with van der Waals surface area (Å²) in [4.78, 5) is 11.8. The van der Waals surface area contributed by atoms with Crippen molar-refractivity contribution >= 4 is 21.7 Å². The number of nitrogens with one attached hydrogen (secondary N) is 2.